The topological polar surface area (TPSA) is 438 Å². The molecule has 0 fully saturated rings. The van der Waals surface area contributed by atoms with Gasteiger partial charge in [0.1, 0.15) is 42.6 Å². The number of ketones is 3. The summed E-state index contributed by atoms with van der Waals surface area (Å²) in [6.07, 6.45) is -1.28. The predicted molar refractivity (Wildman–Crippen MR) is 385 cm³/mol. The zero-order chi connectivity index (χ0) is 77.7. The van der Waals surface area contributed by atoms with Crippen molar-refractivity contribution in [3.63, 3.8) is 0 Å². The van der Waals surface area contributed by atoms with Gasteiger partial charge >= 0.3 is 11.9 Å². The molecule has 0 aromatic rings. The molecule has 0 radical (unpaired) electrons. The van der Waals surface area contributed by atoms with E-state index in [4.69, 9.17) is 29.2 Å². The number of nitrogens with one attached hydrogen (secondary N) is 9. The number of aliphatic carboxylic acids is 2. The number of nitrogens with zero attached hydrogens (tertiary/aromatic N) is 4. The second-order valence-corrected chi connectivity index (χ2v) is 26.7. The number of hydrogen-bond acceptors (Lipinski definition) is 22. The Morgan fingerprint density at radius 2 is 0.709 bits per heavy atom. The number of likely N-dealkylation sites (N-methyl/N-ethyl adjacent to an activating group) is 4. The minimum absolute atomic E-state index is 0.00511. The van der Waals surface area contributed by atoms with Gasteiger partial charge in [-0.3, -0.25) is 57.5 Å². The molecule has 33 nitrogen and oxygen atoms in total. The van der Waals surface area contributed by atoms with Gasteiger partial charge in [-0.2, -0.15) is 0 Å². The van der Waals surface area contributed by atoms with Crippen LogP contribution in [-0.2, 0) is 86.1 Å². The number of carboxylic acid groups (broad SMARTS) is 2. The number of Topliss-reactive ketones (excluding diaryl/α,β-unsaturated/α-hetero) is 3. The standard InChI is InChI=1S/C70H127N13O20/c1-13-18-19-73-66(95)52(40-60(87)71-20-24-82(11)28-26-80(7)8)37-56(85)43-58(69(98)74-21-25-83(12)29-27-81(9)10)78-68(97)54(42-62(89)76-45-50(14-2)15-3)39-57(86)44-59(70(99)77-46-51(16-4)17-5)79-67(96)53(41-61(88)72-22-30-100-32-34-102-47-63(90)91)38-55(84)36-49(6)65(94)75-23-31-101-33-35-103-48-64(92)93/h49-54,58-59H,13-48H2,1-12H3,(H,71,87)(H,72,88)(H,73,95)(H,74,98)(H,75,94)(H,76,89)(H,77,99)(H,78,97)(H,79,96)(H,90,91)(H,92,93). The fourth-order valence-electron chi connectivity index (χ4n) is 10.2. The van der Waals surface area contributed by atoms with Gasteiger partial charge in [0.2, 0.25) is 53.2 Å². The van der Waals surface area contributed by atoms with Crippen molar-refractivity contribution in [1.82, 2.24) is 67.5 Å². The third-order valence-electron chi connectivity index (χ3n) is 17.0. The molecule has 0 bridgehead atoms. The van der Waals surface area contributed by atoms with Crippen LogP contribution in [0.1, 0.15) is 138 Å². The molecule has 0 saturated heterocycles. The van der Waals surface area contributed by atoms with Gasteiger partial charge in [-0.1, -0.05) is 73.6 Å². The molecule has 0 aliphatic heterocycles. The van der Waals surface area contributed by atoms with Gasteiger partial charge in [0, 0.05) is 149 Å². The molecule has 0 spiro atoms. The Hall–Kier alpha value is -7.14. The summed E-state index contributed by atoms with van der Waals surface area (Å²) in [5.41, 5.74) is 0. The van der Waals surface area contributed by atoms with E-state index in [0.717, 1.165) is 19.5 Å². The molecule has 33 heteroatoms. The zero-order valence-electron chi connectivity index (χ0n) is 63.6. The van der Waals surface area contributed by atoms with Crippen LogP contribution in [0.15, 0.2) is 0 Å². The second kappa shape index (κ2) is 58.2. The quantitative estimate of drug-likeness (QED) is 0.0338. The summed E-state index contributed by atoms with van der Waals surface area (Å²) in [6.45, 7) is 14.6. The molecule has 9 amide bonds. The van der Waals surface area contributed by atoms with E-state index in [2.05, 4.69) is 47.9 Å². The van der Waals surface area contributed by atoms with Crippen LogP contribution in [0.5, 0.6) is 0 Å². The highest BCUT2D eigenvalue weighted by Crippen LogP contribution is 2.20. The van der Waals surface area contributed by atoms with Gasteiger partial charge in [0.25, 0.3) is 0 Å². The smallest absolute Gasteiger partial charge is 0.329 e. The number of rotatable bonds is 65. The Labute approximate surface area is 609 Å². The summed E-state index contributed by atoms with van der Waals surface area (Å²) in [5, 5.41) is 42.1. The van der Waals surface area contributed by atoms with Crippen LogP contribution in [0, 0.1) is 35.5 Å². The van der Waals surface area contributed by atoms with Crippen LogP contribution in [0.4, 0.5) is 0 Å². The van der Waals surface area contributed by atoms with E-state index >= 15 is 0 Å². The molecular weight excluding hydrogens is 1340 g/mol. The maximum Gasteiger partial charge on any atom is 0.329 e. The van der Waals surface area contributed by atoms with Crippen molar-refractivity contribution in [2.75, 3.05) is 180 Å². The number of ether oxygens (including phenoxy) is 4. The van der Waals surface area contributed by atoms with E-state index in [-0.39, 0.29) is 104 Å². The van der Waals surface area contributed by atoms with E-state index in [9.17, 15) is 67.1 Å². The molecule has 0 heterocycles. The van der Waals surface area contributed by atoms with Crippen molar-refractivity contribution < 1.29 is 96.3 Å². The summed E-state index contributed by atoms with van der Waals surface area (Å²) in [7, 11) is 11.5. The number of hydrogen-bond donors (Lipinski definition) is 11. The molecular formula is C70H127N13O20. The van der Waals surface area contributed by atoms with Gasteiger partial charge in [0.05, 0.1) is 57.4 Å². The van der Waals surface area contributed by atoms with Crippen molar-refractivity contribution in [2.45, 2.75) is 150 Å². The first-order valence-electron chi connectivity index (χ1n) is 36.4. The second-order valence-electron chi connectivity index (χ2n) is 26.7. The van der Waals surface area contributed by atoms with Crippen LogP contribution in [0.25, 0.3) is 0 Å². The van der Waals surface area contributed by atoms with Crippen molar-refractivity contribution in [2.24, 2.45) is 35.5 Å². The average Bonchev–Trinajstić information content (AvgIpc) is 1.26. The largest absolute Gasteiger partial charge is 0.480 e. The number of carbonyl (C=O) groups excluding carboxylic acids is 12. The summed E-state index contributed by atoms with van der Waals surface area (Å²) in [6, 6.07) is -3.34. The van der Waals surface area contributed by atoms with Crippen LogP contribution in [0.3, 0.4) is 0 Å². The third-order valence-corrected chi connectivity index (χ3v) is 17.0. The van der Waals surface area contributed by atoms with Crippen LogP contribution < -0.4 is 47.9 Å². The van der Waals surface area contributed by atoms with Crippen molar-refractivity contribution in [3.05, 3.63) is 0 Å². The Morgan fingerprint density at radius 1 is 0.350 bits per heavy atom. The van der Waals surface area contributed by atoms with Crippen molar-refractivity contribution in [1.29, 1.82) is 0 Å². The lowest BCUT2D eigenvalue weighted by Crippen LogP contribution is -2.52. The van der Waals surface area contributed by atoms with Gasteiger partial charge in [0.15, 0.2) is 0 Å². The van der Waals surface area contributed by atoms with E-state index in [0.29, 0.717) is 58.3 Å². The highest BCUT2D eigenvalue weighted by Gasteiger charge is 2.36. The van der Waals surface area contributed by atoms with E-state index in [1.807, 2.05) is 96.5 Å². The first-order valence-corrected chi connectivity index (χ1v) is 36.4. The minimum atomic E-state index is -1.70. The number of amides is 9. The Morgan fingerprint density at radius 3 is 1.14 bits per heavy atom. The number of carboxylic acids is 2. The van der Waals surface area contributed by atoms with Gasteiger partial charge < -0.3 is 96.6 Å². The Balaban J connectivity index is 7.47. The predicted octanol–water partition coefficient (Wildman–Crippen LogP) is -0.633. The van der Waals surface area contributed by atoms with Crippen molar-refractivity contribution in [3.8, 4) is 0 Å². The van der Waals surface area contributed by atoms with Gasteiger partial charge in [-0.15, -0.1) is 0 Å². The van der Waals surface area contributed by atoms with Gasteiger partial charge in [-0.25, -0.2) is 9.59 Å². The van der Waals surface area contributed by atoms with E-state index in [1.54, 1.807) is 0 Å². The monoisotopic (exact) mass is 1470 g/mol. The van der Waals surface area contributed by atoms with Crippen molar-refractivity contribution >= 4 is 82.5 Å². The molecule has 0 rings (SSSR count). The first-order chi connectivity index (χ1) is 48.9. The highest BCUT2D eigenvalue weighted by atomic mass is 16.5. The van der Waals surface area contributed by atoms with E-state index in [1.165, 1.54) is 6.92 Å². The van der Waals surface area contributed by atoms with E-state index < -0.39 is 183 Å². The highest BCUT2D eigenvalue weighted by molar-refractivity contribution is 5.99. The number of unbranched alkanes of at least 4 members (excludes halogenated alkanes) is 1. The fourth-order valence-corrected chi connectivity index (χ4v) is 10.2. The molecule has 103 heavy (non-hydrogen) atoms. The molecule has 6 unspecified atom stereocenters. The molecule has 11 N–H and O–H groups in total. The Kier molecular flexibility index (Phi) is 54.1. The normalized spacial score (nSPS) is 13.2. The number of carbonyl (C=O) groups is 14. The first kappa shape index (κ1) is 95.9. The molecule has 592 valence electrons. The minimum Gasteiger partial charge on any atom is -0.480 e. The summed E-state index contributed by atoms with van der Waals surface area (Å²) in [5.74, 6) is -16.2. The maximum absolute atomic E-state index is 14.9. The molecule has 6 atom stereocenters. The van der Waals surface area contributed by atoms with Crippen LogP contribution in [0.2, 0.25) is 0 Å². The lowest BCUT2D eigenvalue weighted by molar-refractivity contribution is -0.143. The Bertz CT molecular complexity index is 2560. The summed E-state index contributed by atoms with van der Waals surface area (Å²) >= 11 is 0. The maximum atomic E-state index is 14.9. The lowest BCUT2D eigenvalue weighted by atomic mass is 9.91. The summed E-state index contributed by atoms with van der Waals surface area (Å²) < 4.78 is 20.6. The lowest BCUT2D eigenvalue weighted by Gasteiger charge is -2.25. The third kappa shape index (κ3) is 50.0. The fraction of sp³-hybridized carbons (Fsp3) is 0.800. The average molecular weight is 1470 g/mol. The zero-order valence-corrected chi connectivity index (χ0v) is 63.6. The molecule has 0 aliphatic carbocycles. The molecule has 0 aromatic carbocycles. The molecule has 0 aliphatic rings. The summed E-state index contributed by atoms with van der Waals surface area (Å²) in [4.78, 5) is 199. The van der Waals surface area contributed by atoms with Gasteiger partial charge in [-0.05, 0) is 60.5 Å². The molecule has 0 saturated carbocycles. The molecule has 0 aromatic heterocycles. The van der Waals surface area contributed by atoms with Crippen LogP contribution in [-0.4, -0.2) is 305 Å². The van der Waals surface area contributed by atoms with Crippen LogP contribution >= 0.6 is 0 Å². The SMILES string of the molecule is CCCCNC(=O)C(CC(=O)CC(NC(=O)C(CC(=O)CC(NC(=O)C(CC(=O)CC(C)C(=O)NCCOCCOCC(=O)O)CC(=O)NCCOCCOCC(=O)O)C(=O)NCC(CC)CC)CC(=O)NCC(CC)CC)C(=O)NCCN(C)CCN(C)C)CC(=O)NCCN(C)CCN(C)C.